The Kier molecular flexibility index (Phi) is 6.96. The molecule has 0 bridgehead atoms. The molecule has 7 heteroatoms. The number of ether oxygens (including phenoxy) is 1. The molecule has 180 valence electrons. The molecule has 1 saturated heterocycles. The lowest BCUT2D eigenvalue weighted by Gasteiger charge is -2.31. The van der Waals surface area contributed by atoms with Gasteiger partial charge in [-0.05, 0) is 61.2 Å². The van der Waals surface area contributed by atoms with E-state index in [0.29, 0.717) is 30.8 Å². The van der Waals surface area contributed by atoms with Crippen molar-refractivity contribution in [1.82, 2.24) is 4.90 Å². The highest BCUT2D eigenvalue weighted by Crippen LogP contribution is 2.41. The van der Waals surface area contributed by atoms with E-state index in [1.54, 1.807) is 12.1 Å². The molecule has 0 saturated carbocycles. The summed E-state index contributed by atoms with van der Waals surface area (Å²) >= 11 is 0. The van der Waals surface area contributed by atoms with Gasteiger partial charge in [-0.1, -0.05) is 48.5 Å². The van der Waals surface area contributed by atoms with Crippen LogP contribution in [-0.4, -0.2) is 51.3 Å². The van der Waals surface area contributed by atoms with E-state index in [-0.39, 0.29) is 18.6 Å². The lowest BCUT2D eigenvalue weighted by molar-refractivity contribution is 0.0779. The molecule has 6 nitrogen and oxygen atoms in total. The third kappa shape index (κ3) is 5.42. The largest absolute Gasteiger partial charge is 0.491 e. The van der Waals surface area contributed by atoms with Crippen LogP contribution in [0.15, 0.2) is 66.7 Å². The van der Waals surface area contributed by atoms with Gasteiger partial charge in [0.25, 0.3) is 16.0 Å². The number of hydrogen-bond acceptors (Lipinski definition) is 5. The van der Waals surface area contributed by atoms with Crippen LogP contribution in [0.5, 0.6) is 5.75 Å². The van der Waals surface area contributed by atoms with E-state index in [0.717, 1.165) is 29.0 Å². The number of carbonyl (C=O) groups excluding carboxylic acids is 1. The Hall–Kier alpha value is -2.90. The molecule has 0 aliphatic carbocycles. The van der Waals surface area contributed by atoms with Crippen LogP contribution >= 0.6 is 0 Å². The topological polar surface area (TPSA) is 72.9 Å². The normalized spacial score (nSPS) is 18.5. The predicted octanol–water partition coefficient (Wildman–Crippen LogP) is 4.78. The Morgan fingerprint density at radius 1 is 1.06 bits per heavy atom. The molecule has 1 atom stereocenters. The molecule has 1 aliphatic rings. The second-order valence-corrected chi connectivity index (χ2v) is 10.9. The van der Waals surface area contributed by atoms with Gasteiger partial charge in [0.05, 0.1) is 19.0 Å². The number of likely N-dealkylation sites (tertiary alicyclic amines) is 1. The van der Waals surface area contributed by atoms with Crippen molar-refractivity contribution in [2.24, 2.45) is 0 Å². The summed E-state index contributed by atoms with van der Waals surface area (Å²) in [6, 6.07) is 21.6. The number of rotatable bonds is 8. The lowest BCUT2D eigenvalue weighted by Crippen LogP contribution is -2.35. The molecule has 1 aliphatic heterocycles. The highest BCUT2D eigenvalue weighted by molar-refractivity contribution is 7.85. The SMILES string of the molecule is CC(C)Oc1cccc(C(=O)N2CC[C@](CCOS(C)(=O)=O)(c3cccc4ccccc34)C2)c1. The van der Waals surface area contributed by atoms with Crippen molar-refractivity contribution in [2.75, 3.05) is 26.0 Å². The fraction of sp³-hybridized carbons (Fsp3) is 0.370. The van der Waals surface area contributed by atoms with Crippen LogP contribution in [0.4, 0.5) is 0 Å². The number of benzene rings is 3. The van der Waals surface area contributed by atoms with E-state index in [1.165, 1.54) is 0 Å². The van der Waals surface area contributed by atoms with Crippen molar-refractivity contribution >= 4 is 26.8 Å². The average molecular weight is 482 g/mol. The van der Waals surface area contributed by atoms with E-state index < -0.39 is 15.5 Å². The molecule has 34 heavy (non-hydrogen) atoms. The summed E-state index contributed by atoms with van der Waals surface area (Å²) in [5.74, 6) is 0.613. The molecule has 0 N–H and O–H groups in total. The van der Waals surface area contributed by atoms with Gasteiger partial charge < -0.3 is 9.64 Å². The molecule has 3 aromatic carbocycles. The zero-order chi connectivity index (χ0) is 24.3. The van der Waals surface area contributed by atoms with E-state index in [4.69, 9.17) is 8.92 Å². The van der Waals surface area contributed by atoms with E-state index in [2.05, 4.69) is 24.3 Å². The Morgan fingerprint density at radius 3 is 2.56 bits per heavy atom. The molecule has 3 aromatic rings. The summed E-state index contributed by atoms with van der Waals surface area (Å²) in [6.07, 6.45) is 2.30. The zero-order valence-corrected chi connectivity index (χ0v) is 20.7. The van der Waals surface area contributed by atoms with Crippen LogP contribution < -0.4 is 4.74 Å². The summed E-state index contributed by atoms with van der Waals surface area (Å²) in [7, 11) is -3.55. The van der Waals surface area contributed by atoms with Crippen LogP contribution in [0.1, 0.15) is 42.6 Å². The first-order valence-corrected chi connectivity index (χ1v) is 13.4. The second kappa shape index (κ2) is 9.76. The maximum Gasteiger partial charge on any atom is 0.264 e. The minimum absolute atomic E-state index is 0.0194. The minimum atomic E-state index is -3.55. The summed E-state index contributed by atoms with van der Waals surface area (Å²) in [5, 5.41) is 2.23. The molecule has 0 aromatic heterocycles. The fourth-order valence-electron chi connectivity index (χ4n) is 4.84. The Labute approximate surface area is 201 Å². The van der Waals surface area contributed by atoms with Gasteiger partial charge in [-0.3, -0.25) is 8.98 Å². The van der Waals surface area contributed by atoms with E-state index >= 15 is 0 Å². The minimum Gasteiger partial charge on any atom is -0.491 e. The summed E-state index contributed by atoms with van der Waals surface area (Å²) in [5.41, 5.74) is 1.29. The maximum atomic E-state index is 13.4. The summed E-state index contributed by atoms with van der Waals surface area (Å²) in [6.45, 7) is 5.04. The summed E-state index contributed by atoms with van der Waals surface area (Å²) < 4.78 is 34.2. The monoisotopic (exact) mass is 481 g/mol. The molecule has 0 radical (unpaired) electrons. The van der Waals surface area contributed by atoms with Crippen molar-refractivity contribution in [1.29, 1.82) is 0 Å². The van der Waals surface area contributed by atoms with Gasteiger partial charge in [0.1, 0.15) is 5.75 Å². The second-order valence-electron chi connectivity index (χ2n) is 9.25. The standard InChI is InChI=1S/C27H31NO5S/c1-20(2)33-23-11-6-10-22(18-23)26(29)28-16-14-27(19-28,15-17-32-34(3,30)31)25-13-7-9-21-8-4-5-12-24(21)25/h4-13,18,20H,14-17,19H2,1-3H3/t27-/m1/s1. The molecule has 1 amide bonds. The van der Waals surface area contributed by atoms with Crippen LogP contribution in [0, 0.1) is 0 Å². The van der Waals surface area contributed by atoms with Crippen molar-refractivity contribution in [2.45, 2.75) is 38.2 Å². The molecule has 1 fully saturated rings. The van der Waals surface area contributed by atoms with Gasteiger partial charge in [-0.15, -0.1) is 0 Å². The third-order valence-corrected chi connectivity index (χ3v) is 6.93. The molecule has 0 spiro atoms. The smallest absolute Gasteiger partial charge is 0.264 e. The molecule has 1 heterocycles. The van der Waals surface area contributed by atoms with Crippen molar-refractivity contribution < 1.29 is 22.1 Å². The molecular weight excluding hydrogens is 450 g/mol. The molecule has 4 rings (SSSR count). The molecule has 0 unspecified atom stereocenters. The Balaban J connectivity index is 1.65. The first kappa shape index (κ1) is 24.2. The first-order chi connectivity index (χ1) is 16.2. The number of amides is 1. The zero-order valence-electron chi connectivity index (χ0n) is 19.9. The summed E-state index contributed by atoms with van der Waals surface area (Å²) in [4.78, 5) is 15.3. The number of carbonyl (C=O) groups is 1. The van der Waals surface area contributed by atoms with Gasteiger partial charge in [0.15, 0.2) is 0 Å². The van der Waals surface area contributed by atoms with E-state index in [1.807, 2.05) is 49.1 Å². The van der Waals surface area contributed by atoms with Gasteiger partial charge in [-0.25, -0.2) is 0 Å². The number of hydrogen-bond donors (Lipinski definition) is 0. The van der Waals surface area contributed by atoms with Crippen LogP contribution in [0.25, 0.3) is 10.8 Å². The Morgan fingerprint density at radius 2 is 1.79 bits per heavy atom. The third-order valence-electron chi connectivity index (χ3n) is 6.33. The number of fused-ring (bicyclic) bond motifs is 1. The first-order valence-electron chi connectivity index (χ1n) is 11.6. The fourth-order valence-corrected chi connectivity index (χ4v) is 5.22. The number of nitrogens with zero attached hydrogens (tertiary/aromatic N) is 1. The van der Waals surface area contributed by atoms with Gasteiger partial charge in [0, 0.05) is 24.1 Å². The van der Waals surface area contributed by atoms with Crippen molar-refractivity contribution in [3.63, 3.8) is 0 Å². The lowest BCUT2D eigenvalue weighted by atomic mass is 9.75. The van der Waals surface area contributed by atoms with E-state index in [9.17, 15) is 13.2 Å². The maximum absolute atomic E-state index is 13.4. The van der Waals surface area contributed by atoms with Crippen LogP contribution in [-0.2, 0) is 19.7 Å². The van der Waals surface area contributed by atoms with Gasteiger partial charge in [-0.2, -0.15) is 8.42 Å². The van der Waals surface area contributed by atoms with Gasteiger partial charge >= 0.3 is 0 Å². The Bertz CT molecular complexity index is 1280. The predicted molar refractivity (Wildman–Crippen MR) is 134 cm³/mol. The van der Waals surface area contributed by atoms with Gasteiger partial charge in [0.2, 0.25) is 0 Å². The molecular formula is C27H31NO5S. The highest BCUT2D eigenvalue weighted by Gasteiger charge is 2.42. The van der Waals surface area contributed by atoms with Crippen LogP contribution in [0.2, 0.25) is 0 Å². The average Bonchev–Trinajstić information content (AvgIpc) is 3.22. The quantitative estimate of drug-likeness (QED) is 0.433. The van der Waals surface area contributed by atoms with Crippen LogP contribution in [0.3, 0.4) is 0 Å². The highest BCUT2D eigenvalue weighted by atomic mass is 32.2. The van der Waals surface area contributed by atoms with Crippen molar-refractivity contribution in [3.8, 4) is 5.75 Å². The van der Waals surface area contributed by atoms with Crippen molar-refractivity contribution in [3.05, 3.63) is 77.9 Å².